The average Bonchev–Trinajstić information content (AvgIpc) is 3.40. The first-order valence-electron chi connectivity index (χ1n) is 13.4. The molecule has 4 aromatic rings. The van der Waals surface area contributed by atoms with Crippen LogP contribution in [0.5, 0.6) is 0 Å². The number of carbonyl (C=O) groups excluding carboxylic acids is 1. The second kappa shape index (κ2) is 11.2. The van der Waals surface area contributed by atoms with Crippen molar-refractivity contribution < 1.29 is 9.53 Å². The number of hydrogen-bond donors (Lipinski definition) is 3. The number of nitrogens with one attached hydrogen (secondary N) is 3. The van der Waals surface area contributed by atoms with Crippen LogP contribution in [0.15, 0.2) is 79.9 Å². The van der Waals surface area contributed by atoms with Gasteiger partial charge in [0, 0.05) is 55.1 Å². The lowest BCUT2D eigenvalue weighted by atomic mass is 10.1. The number of nitrogens with zero attached hydrogens (tertiary/aromatic N) is 5. The summed E-state index contributed by atoms with van der Waals surface area (Å²) in [5, 5.41) is 7.30. The molecule has 2 fully saturated rings. The third-order valence-corrected chi connectivity index (χ3v) is 7.22. The standard InChI is InChI=1S/C30H32N8O2/c1-3-20(2)34-24-17-38(18-24)25-8-9-31-23(14-25)15-28(39)35-22-6-4-21(5-7-22)27-16-26-29(36-27)32-19-33-30(26)37-10-12-40-13-11-37/h3-9,14,16,19,24,34H,1-2,10-13,15,17-18H2,(H,35,39)(H,32,33,36). The molecule has 40 heavy (non-hydrogen) atoms. The zero-order valence-corrected chi connectivity index (χ0v) is 22.3. The van der Waals surface area contributed by atoms with Gasteiger partial charge in [0.1, 0.15) is 17.8 Å². The van der Waals surface area contributed by atoms with Gasteiger partial charge in [-0.25, -0.2) is 9.97 Å². The number of benzene rings is 1. The Morgan fingerprint density at radius 1 is 1.07 bits per heavy atom. The maximum Gasteiger partial charge on any atom is 0.230 e. The third kappa shape index (κ3) is 5.52. The predicted octanol–water partition coefficient (Wildman–Crippen LogP) is 3.52. The molecule has 0 atom stereocenters. The molecule has 2 aliphatic heterocycles. The first kappa shape index (κ1) is 25.6. The number of rotatable bonds is 9. The quantitative estimate of drug-likeness (QED) is 0.279. The van der Waals surface area contributed by atoms with Crippen LogP contribution < -0.4 is 20.4 Å². The molecule has 204 valence electrons. The third-order valence-electron chi connectivity index (χ3n) is 7.22. The minimum atomic E-state index is -0.112. The lowest BCUT2D eigenvalue weighted by Crippen LogP contribution is -2.57. The number of ether oxygens (including phenoxy) is 1. The number of aromatic amines is 1. The van der Waals surface area contributed by atoms with Crippen molar-refractivity contribution in [1.29, 1.82) is 0 Å². The normalized spacial score (nSPS) is 15.5. The molecule has 1 aromatic carbocycles. The van der Waals surface area contributed by atoms with E-state index in [0.29, 0.717) is 19.3 Å². The van der Waals surface area contributed by atoms with E-state index in [0.717, 1.165) is 77.1 Å². The summed E-state index contributed by atoms with van der Waals surface area (Å²) in [6, 6.07) is 14.1. The maximum atomic E-state index is 12.8. The van der Waals surface area contributed by atoms with E-state index in [4.69, 9.17) is 4.74 Å². The monoisotopic (exact) mass is 536 g/mol. The van der Waals surface area contributed by atoms with E-state index < -0.39 is 0 Å². The molecule has 3 aromatic heterocycles. The summed E-state index contributed by atoms with van der Waals surface area (Å²) in [6.45, 7) is 12.4. The molecule has 2 aliphatic rings. The average molecular weight is 537 g/mol. The molecule has 10 heteroatoms. The van der Waals surface area contributed by atoms with Crippen molar-refractivity contribution in [3.8, 4) is 11.3 Å². The zero-order valence-electron chi connectivity index (χ0n) is 22.3. The van der Waals surface area contributed by atoms with Crippen LogP contribution in [-0.4, -0.2) is 71.3 Å². The number of H-pyrrole nitrogens is 1. The van der Waals surface area contributed by atoms with Gasteiger partial charge in [0.15, 0.2) is 0 Å². The van der Waals surface area contributed by atoms with Crippen molar-refractivity contribution in [2.24, 2.45) is 0 Å². The van der Waals surface area contributed by atoms with Gasteiger partial charge in [-0.1, -0.05) is 25.3 Å². The number of allylic oxidation sites excluding steroid dienone is 1. The first-order chi connectivity index (χ1) is 19.6. The van der Waals surface area contributed by atoms with E-state index in [1.807, 2.05) is 36.4 Å². The Morgan fingerprint density at radius 2 is 1.88 bits per heavy atom. The number of pyridine rings is 1. The highest BCUT2D eigenvalue weighted by Gasteiger charge is 2.27. The molecule has 1 amide bonds. The number of aromatic nitrogens is 4. The van der Waals surface area contributed by atoms with E-state index in [1.165, 1.54) is 0 Å². The first-order valence-corrected chi connectivity index (χ1v) is 13.4. The molecule has 10 nitrogen and oxygen atoms in total. The van der Waals surface area contributed by atoms with Gasteiger partial charge in [0.05, 0.1) is 36.8 Å². The van der Waals surface area contributed by atoms with Gasteiger partial charge >= 0.3 is 0 Å². The molecule has 5 heterocycles. The largest absolute Gasteiger partial charge is 0.379 e. The molecular weight excluding hydrogens is 504 g/mol. The zero-order chi connectivity index (χ0) is 27.5. The van der Waals surface area contributed by atoms with E-state index in [2.05, 4.69) is 59.6 Å². The van der Waals surface area contributed by atoms with Gasteiger partial charge < -0.3 is 30.2 Å². The van der Waals surface area contributed by atoms with Crippen molar-refractivity contribution in [3.05, 3.63) is 85.6 Å². The fourth-order valence-electron chi connectivity index (χ4n) is 5.07. The van der Waals surface area contributed by atoms with Crippen LogP contribution in [0.4, 0.5) is 17.2 Å². The summed E-state index contributed by atoms with van der Waals surface area (Å²) in [6.07, 6.45) is 5.27. The van der Waals surface area contributed by atoms with Crippen molar-refractivity contribution >= 4 is 34.1 Å². The fourth-order valence-corrected chi connectivity index (χ4v) is 5.07. The molecule has 0 unspecified atom stereocenters. The fraction of sp³-hybridized carbons (Fsp3) is 0.267. The van der Waals surface area contributed by atoms with E-state index in [1.54, 1.807) is 18.6 Å². The van der Waals surface area contributed by atoms with Crippen molar-refractivity contribution in [2.75, 3.05) is 54.5 Å². The lowest BCUT2D eigenvalue weighted by molar-refractivity contribution is -0.115. The molecule has 0 radical (unpaired) electrons. The summed E-state index contributed by atoms with van der Waals surface area (Å²) in [5.74, 6) is 0.806. The van der Waals surface area contributed by atoms with Crippen LogP contribution >= 0.6 is 0 Å². The van der Waals surface area contributed by atoms with Gasteiger partial charge in [-0.3, -0.25) is 9.78 Å². The number of carbonyl (C=O) groups is 1. The highest BCUT2D eigenvalue weighted by Crippen LogP contribution is 2.30. The van der Waals surface area contributed by atoms with Crippen LogP contribution in [0, 0.1) is 0 Å². The molecular formula is C30H32N8O2. The highest BCUT2D eigenvalue weighted by molar-refractivity contribution is 5.94. The van der Waals surface area contributed by atoms with Gasteiger partial charge in [0.25, 0.3) is 0 Å². The van der Waals surface area contributed by atoms with Gasteiger partial charge in [0.2, 0.25) is 5.91 Å². The number of hydrogen-bond acceptors (Lipinski definition) is 8. The summed E-state index contributed by atoms with van der Waals surface area (Å²) in [7, 11) is 0. The van der Waals surface area contributed by atoms with Crippen molar-refractivity contribution in [1.82, 2.24) is 25.3 Å². The number of amides is 1. The van der Waals surface area contributed by atoms with Crippen LogP contribution in [0.3, 0.4) is 0 Å². The number of morpholine rings is 1. The molecule has 0 spiro atoms. The number of fused-ring (bicyclic) bond motifs is 1. The Hall–Kier alpha value is -4.70. The Labute approximate surface area is 232 Å². The van der Waals surface area contributed by atoms with Crippen LogP contribution in [0.1, 0.15) is 5.69 Å². The minimum absolute atomic E-state index is 0.112. The van der Waals surface area contributed by atoms with E-state index in [-0.39, 0.29) is 12.3 Å². The SMILES string of the molecule is C=CC(=C)NC1CN(c2ccnc(CC(=O)Nc3ccc(-c4cc5c(N6CCOCC6)ncnc5[nH]4)cc3)c2)C1. The minimum Gasteiger partial charge on any atom is -0.379 e. The summed E-state index contributed by atoms with van der Waals surface area (Å²) in [5.41, 5.74) is 6.09. The molecule has 6 rings (SSSR count). The second-order valence-electron chi connectivity index (χ2n) is 10.0. The van der Waals surface area contributed by atoms with Crippen molar-refractivity contribution in [3.63, 3.8) is 0 Å². The predicted molar refractivity (Wildman–Crippen MR) is 157 cm³/mol. The second-order valence-corrected chi connectivity index (χ2v) is 10.0. The lowest BCUT2D eigenvalue weighted by Gasteiger charge is -2.42. The maximum absolute atomic E-state index is 12.8. The van der Waals surface area contributed by atoms with E-state index >= 15 is 0 Å². The van der Waals surface area contributed by atoms with Crippen LogP contribution in [-0.2, 0) is 16.0 Å². The van der Waals surface area contributed by atoms with Gasteiger partial charge in [-0.15, -0.1) is 0 Å². The summed E-state index contributed by atoms with van der Waals surface area (Å²) >= 11 is 0. The van der Waals surface area contributed by atoms with Crippen LogP contribution in [0.2, 0.25) is 0 Å². The summed E-state index contributed by atoms with van der Waals surface area (Å²) < 4.78 is 5.48. The Balaban J connectivity index is 1.07. The Bertz CT molecular complexity index is 1540. The number of anilines is 3. The Kier molecular flexibility index (Phi) is 7.15. The van der Waals surface area contributed by atoms with E-state index in [9.17, 15) is 4.79 Å². The smallest absolute Gasteiger partial charge is 0.230 e. The molecule has 0 bridgehead atoms. The summed E-state index contributed by atoms with van der Waals surface area (Å²) in [4.78, 5) is 34.0. The molecule has 2 saturated heterocycles. The topological polar surface area (TPSA) is 111 Å². The molecule has 3 N–H and O–H groups in total. The molecule has 0 saturated carbocycles. The Morgan fingerprint density at radius 3 is 2.65 bits per heavy atom. The van der Waals surface area contributed by atoms with Gasteiger partial charge in [-0.2, -0.15) is 0 Å². The molecule has 0 aliphatic carbocycles. The van der Waals surface area contributed by atoms with Crippen LogP contribution in [0.25, 0.3) is 22.3 Å². The highest BCUT2D eigenvalue weighted by atomic mass is 16.5. The van der Waals surface area contributed by atoms with Gasteiger partial charge in [-0.05, 0) is 42.0 Å². The van der Waals surface area contributed by atoms with Crippen molar-refractivity contribution in [2.45, 2.75) is 12.5 Å².